The van der Waals surface area contributed by atoms with Gasteiger partial charge in [0, 0.05) is 33.2 Å². The van der Waals surface area contributed by atoms with Crippen molar-refractivity contribution in [3.63, 3.8) is 0 Å². The first-order valence-corrected chi connectivity index (χ1v) is 13.5. The van der Waals surface area contributed by atoms with Crippen LogP contribution in [0.15, 0.2) is 47.4 Å². The number of fused-ring (bicyclic) bond motifs is 1. The van der Waals surface area contributed by atoms with E-state index in [2.05, 4.69) is 6.92 Å². The second-order valence-corrected chi connectivity index (χ2v) is 10.5. The van der Waals surface area contributed by atoms with Crippen molar-refractivity contribution in [2.45, 2.75) is 50.3 Å². The maximum absolute atomic E-state index is 13.5. The molecule has 0 unspecified atom stereocenters. The number of ether oxygens (including phenoxy) is 2. The molecule has 1 atom stereocenters. The number of hydrogen-bond donors (Lipinski definition) is 0. The highest BCUT2D eigenvalue weighted by molar-refractivity contribution is 7.91. The van der Waals surface area contributed by atoms with Crippen molar-refractivity contribution in [2.75, 3.05) is 39.7 Å². The van der Waals surface area contributed by atoms with E-state index in [1.165, 1.54) is 7.11 Å². The van der Waals surface area contributed by atoms with Gasteiger partial charge < -0.3 is 14.4 Å². The molecule has 0 saturated carbocycles. The van der Waals surface area contributed by atoms with Crippen LogP contribution in [0.2, 0.25) is 0 Å². The topological polar surface area (TPSA) is 90.0 Å². The number of sulfone groups is 1. The zero-order chi connectivity index (χ0) is 25.0. The predicted octanol–water partition coefficient (Wildman–Crippen LogP) is 4.24. The largest absolute Gasteiger partial charge is 0.469 e. The number of rotatable bonds is 15. The Bertz CT molecular complexity index is 1030. The maximum atomic E-state index is 13.5. The Balaban J connectivity index is 2.28. The van der Waals surface area contributed by atoms with Crippen molar-refractivity contribution < 1.29 is 27.5 Å². The third kappa shape index (κ3) is 8.40. The van der Waals surface area contributed by atoms with Crippen LogP contribution in [0.25, 0.3) is 10.8 Å². The molecule has 0 bridgehead atoms. The van der Waals surface area contributed by atoms with Crippen molar-refractivity contribution in [2.24, 2.45) is 5.92 Å². The molecule has 0 fully saturated rings. The zero-order valence-electron chi connectivity index (χ0n) is 20.5. The maximum Gasteiger partial charge on any atom is 0.305 e. The van der Waals surface area contributed by atoms with Crippen LogP contribution >= 0.6 is 0 Å². The molecule has 0 spiro atoms. The van der Waals surface area contributed by atoms with Gasteiger partial charge in [-0.25, -0.2) is 8.42 Å². The first-order valence-electron chi connectivity index (χ1n) is 11.9. The van der Waals surface area contributed by atoms with Crippen molar-refractivity contribution in [3.05, 3.63) is 42.5 Å². The second-order valence-electron chi connectivity index (χ2n) is 8.48. The summed E-state index contributed by atoms with van der Waals surface area (Å²) >= 11 is 0. The minimum absolute atomic E-state index is 0.0129. The van der Waals surface area contributed by atoms with Crippen LogP contribution in [0.3, 0.4) is 0 Å². The van der Waals surface area contributed by atoms with Crippen LogP contribution in [0.5, 0.6) is 0 Å². The number of nitrogens with zero attached hydrogens (tertiary/aromatic N) is 1. The molecule has 0 heterocycles. The van der Waals surface area contributed by atoms with Gasteiger partial charge in [0.2, 0.25) is 5.91 Å². The van der Waals surface area contributed by atoms with Gasteiger partial charge in [0.05, 0.1) is 23.7 Å². The van der Waals surface area contributed by atoms with Crippen LogP contribution in [0.1, 0.15) is 45.4 Å². The van der Waals surface area contributed by atoms with E-state index in [0.29, 0.717) is 26.1 Å². The number of methoxy groups -OCH3 is 2. The monoisotopic (exact) mass is 491 g/mol. The smallest absolute Gasteiger partial charge is 0.305 e. The molecule has 0 aromatic heterocycles. The van der Waals surface area contributed by atoms with Crippen molar-refractivity contribution >= 4 is 32.5 Å². The lowest BCUT2D eigenvalue weighted by Crippen LogP contribution is -2.40. The summed E-state index contributed by atoms with van der Waals surface area (Å²) in [5.41, 5.74) is 0. The highest BCUT2D eigenvalue weighted by Gasteiger charge is 2.30. The quantitative estimate of drug-likeness (QED) is 0.273. The number of benzene rings is 2. The normalized spacial score (nSPS) is 12.4. The molecule has 0 saturated heterocycles. The molecule has 8 heteroatoms. The fraction of sp³-hybridized carbons (Fsp3) is 0.538. The van der Waals surface area contributed by atoms with Gasteiger partial charge in [0.25, 0.3) is 0 Å². The van der Waals surface area contributed by atoms with E-state index in [1.54, 1.807) is 30.2 Å². The van der Waals surface area contributed by atoms with Crippen LogP contribution in [0.4, 0.5) is 0 Å². The lowest BCUT2D eigenvalue weighted by atomic mass is 10.0. The molecular weight excluding hydrogens is 454 g/mol. The van der Waals surface area contributed by atoms with Gasteiger partial charge in [-0.3, -0.25) is 9.59 Å². The zero-order valence-corrected chi connectivity index (χ0v) is 21.3. The Morgan fingerprint density at radius 2 is 1.68 bits per heavy atom. The fourth-order valence-electron chi connectivity index (χ4n) is 3.94. The van der Waals surface area contributed by atoms with Crippen LogP contribution in [0, 0.1) is 5.92 Å². The highest BCUT2D eigenvalue weighted by Crippen LogP contribution is 2.24. The Morgan fingerprint density at radius 3 is 2.35 bits per heavy atom. The van der Waals surface area contributed by atoms with E-state index >= 15 is 0 Å². The van der Waals surface area contributed by atoms with E-state index in [9.17, 15) is 18.0 Å². The molecule has 34 heavy (non-hydrogen) atoms. The first-order chi connectivity index (χ1) is 16.3. The first kappa shape index (κ1) is 27.8. The van der Waals surface area contributed by atoms with Gasteiger partial charge in [0.15, 0.2) is 9.84 Å². The van der Waals surface area contributed by atoms with E-state index in [-0.39, 0.29) is 29.4 Å². The highest BCUT2D eigenvalue weighted by atomic mass is 32.2. The minimum Gasteiger partial charge on any atom is -0.469 e. The third-order valence-electron chi connectivity index (χ3n) is 5.89. The fourth-order valence-corrected chi connectivity index (χ4v) is 5.55. The number of amides is 1. The molecule has 0 aliphatic rings. The SMILES string of the molecule is CCCCCN(CCCOC)C(=O)[C@@H](CCC(=O)OC)CS(=O)(=O)c1ccc2ccccc2c1. The summed E-state index contributed by atoms with van der Waals surface area (Å²) in [7, 11) is -0.865. The van der Waals surface area contributed by atoms with E-state index in [1.807, 2.05) is 24.3 Å². The van der Waals surface area contributed by atoms with E-state index < -0.39 is 21.7 Å². The third-order valence-corrected chi connectivity index (χ3v) is 7.71. The number of carbonyl (C=O) groups excluding carboxylic acids is 2. The molecule has 7 nitrogen and oxygen atoms in total. The lowest BCUT2D eigenvalue weighted by molar-refractivity contribution is -0.141. The molecular formula is C26H37NO6S. The Morgan fingerprint density at radius 1 is 0.971 bits per heavy atom. The standard InChI is InChI=1S/C26H37NO6S/c1-4-5-8-16-27(17-9-18-32-2)26(29)23(13-15-25(28)33-3)20-34(30,31)24-14-12-21-10-6-7-11-22(21)19-24/h6-7,10-12,14,19,23H,4-5,8-9,13,15-18,20H2,1-3H3/t23-/m0/s1. The summed E-state index contributed by atoms with van der Waals surface area (Å²) in [6.45, 7) is 3.65. The van der Waals surface area contributed by atoms with Crippen LogP contribution in [-0.2, 0) is 28.9 Å². The van der Waals surface area contributed by atoms with Crippen molar-refractivity contribution in [1.29, 1.82) is 0 Å². The summed E-state index contributed by atoms with van der Waals surface area (Å²) in [6.07, 6.45) is 3.61. The molecule has 0 aliphatic carbocycles. The summed E-state index contributed by atoms with van der Waals surface area (Å²) < 4.78 is 36.5. The summed E-state index contributed by atoms with van der Waals surface area (Å²) in [5, 5.41) is 1.77. The summed E-state index contributed by atoms with van der Waals surface area (Å²) in [4.78, 5) is 27.2. The second kappa shape index (κ2) is 14.1. The Labute approximate surface area is 203 Å². The van der Waals surface area contributed by atoms with Gasteiger partial charge in [-0.05, 0) is 42.2 Å². The average molecular weight is 492 g/mol. The van der Waals surface area contributed by atoms with Crippen molar-refractivity contribution in [1.82, 2.24) is 4.90 Å². The number of carbonyl (C=O) groups is 2. The van der Waals surface area contributed by atoms with Crippen molar-refractivity contribution in [3.8, 4) is 0 Å². The Hall–Kier alpha value is -2.45. The van der Waals surface area contributed by atoms with Gasteiger partial charge in [0.1, 0.15) is 0 Å². The summed E-state index contributed by atoms with van der Waals surface area (Å²) in [6, 6.07) is 12.5. The van der Waals surface area contributed by atoms with E-state index in [0.717, 1.165) is 30.0 Å². The van der Waals surface area contributed by atoms with Gasteiger partial charge >= 0.3 is 5.97 Å². The predicted molar refractivity (Wildman–Crippen MR) is 133 cm³/mol. The summed E-state index contributed by atoms with van der Waals surface area (Å²) in [5.74, 6) is -1.88. The Kier molecular flexibility index (Phi) is 11.5. The van der Waals surface area contributed by atoms with Gasteiger partial charge in [-0.15, -0.1) is 0 Å². The number of hydrogen-bond acceptors (Lipinski definition) is 6. The molecule has 2 aromatic carbocycles. The number of esters is 1. The molecule has 0 radical (unpaired) electrons. The molecule has 0 N–H and O–H groups in total. The van der Waals surface area contributed by atoms with Crippen LogP contribution in [-0.4, -0.2) is 64.9 Å². The average Bonchev–Trinajstić information content (AvgIpc) is 2.84. The molecule has 2 aromatic rings. The lowest BCUT2D eigenvalue weighted by Gasteiger charge is -2.27. The van der Waals surface area contributed by atoms with Gasteiger partial charge in [-0.2, -0.15) is 0 Å². The van der Waals surface area contributed by atoms with Crippen LogP contribution < -0.4 is 0 Å². The van der Waals surface area contributed by atoms with Gasteiger partial charge in [-0.1, -0.05) is 50.1 Å². The molecule has 1 amide bonds. The molecule has 0 aliphatic heterocycles. The van der Waals surface area contributed by atoms with E-state index in [4.69, 9.17) is 9.47 Å². The number of unbranched alkanes of at least 4 members (excludes halogenated alkanes) is 2. The minimum atomic E-state index is -3.76. The molecule has 188 valence electrons. The molecule has 2 rings (SSSR count).